The second-order valence-electron chi connectivity index (χ2n) is 5.88. The fourth-order valence-corrected chi connectivity index (χ4v) is 3.48. The van der Waals surface area contributed by atoms with Crippen molar-refractivity contribution in [2.45, 2.75) is 32.7 Å². The fraction of sp³-hybridized carbons (Fsp3) is 0.500. The standard InChI is InChI=1S/C16H21Cl2N3O2/c1-2-16(14(19)22)7-4-8-21(10-16)15(23)20-9-11-12(17)5-3-6-13(11)18/h3,5-6H,2,4,7-10H2,1H3,(H2,19,22)(H,20,23)/t16-/m0/s1. The van der Waals surface area contributed by atoms with Gasteiger partial charge in [-0.1, -0.05) is 36.2 Å². The fourth-order valence-electron chi connectivity index (χ4n) is 2.95. The number of nitrogens with zero attached hydrogens (tertiary/aromatic N) is 1. The van der Waals surface area contributed by atoms with E-state index in [-0.39, 0.29) is 18.5 Å². The number of piperidine rings is 1. The SMILES string of the molecule is CC[C@]1(C(N)=O)CCCN(C(=O)NCc2c(Cl)cccc2Cl)C1. The highest BCUT2D eigenvalue weighted by atomic mass is 35.5. The molecule has 3 amide bonds. The molecule has 1 aliphatic rings. The molecule has 1 saturated heterocycles. The minimum Gasteiger partial charge on any atom is -0.369 e. The molecule has 0 bridgehead atoms. The maximum atomic E-state index is 12.4. The molecule has 1 heterocycles. The van der Waals surface area contributed by atoms with Crippen LogP contribution in [0.2, 0.25) is 10.0 Å². The van der Waals surface area contributed by atoms with E-state index in [2.05, 4.69) is 5.32 Å². The van der Waals surface area contributed by atoms with E-state index < -0.39 is 5.41 Å². The Balaban J connectivity index is 2.02. The van der Waals surface area contributed by atoms with Crippen LogP contribution in [0.4, 0.5) is 4.79 Å². The van der Waals surface area contributed by atoms with Gasteiger partial charge in [0.1, 0.15) is 0 Å². The molecule has 0 aromatic heterocycles. The van der Waals surface area contributed by atoms with Crippen LogP contribution in [0.5, 0.6) is 0 Å². The first kappa shape index (κ1) is 17.9. The number of carbonyl (C=O) groups excluding carboxylic acids is 2. The molecule has 1 atom stereocenters. The molecule has 0 saturated carbocycles. The molecule has 7 heteroatoms. The smallest absolute Gasteiger partial charge is 0.317 e. The van der Waals surface area contributed by atoms with Gasteiger partial charge in [0.05, 0.1) is 5.41 Å². The number of likely N-dealkylation sites (tertiary alicyclic amines) is 1. The third-order valence-electron chi connectivity index (χ3n) is 4.54. The number of urea groups is 1. The van der Waals surface area contributed by atoms with E-state index in [4.69, 9.17) is 28.9 Å². The molecule has 1 aliphatic heterocycles. The van der Waals surface area contributed by atoms with Crippen LogP contribution in [0.3, 0.4) is 0 Å². The van der Waals surface area contributed by atoms with E-state index in [9.17, 15) is 9.59 Å². The largest absolute Gasteiger partial charge is 0.369 e. The average Bonchev–Trinajstić information content (AvgIpc) is 2.54. The minimum atomic E-state index is -0.627. The van der Waals surface area contributed by atoms with Crippen LogP contribution in [0.15, 0.2) is 18.2 Å². The lowest BCUT2D eigenvalue weighted by molar-refractivity contribution is -0.130. The Morgan fingerprint density at radius 2 is 2.00 bits per heavy atom. The highest BCUT2D eigenvalue weighted by molar-refractivity contribution is 6.36. The van der Waals surface area contributed by atoms with Crippen molar-refractivity contribution in [1.82, 2.24) is 10.2 Å². The first-order valence-electron chi connectivity index (χ1n) is 7.65. The Labute approximate surface area is 146 Å². The maximum absolute atomic E-state index is 12.4. The van der Waals surface area contributed by atoms with Gasteiger partial charge in [-0.15, -0.1) is 0 Å². The van der Waals surface area contributed by atoms with E-state index in [0.29, 0.717) is 35.1 Å². The van der Waals surface area contributed by atoms with Crippen LogP contribution in [0, 0.1) is 5.41 Å². The van der Waals surface area contributed by atoms with E-state index in [0.717, 1.165) is 12.8 Å². The summed E-state index contributed by atoms with van der Waals surface area (Å²) in [6.45, 7) is 3.12. The Hall–Kier alpha value is -1.46. The molecule has 0 radical (unpaired) electrons. The summed E-state index contributed by atoms with van der Waals surface area (Å²) < 4.78 is 0. The third-order valence-corrected chi connectivity index (χ3v) is 5.25. The van der Waals surface area contributed by atoms with Crippen LogP contribution < -0.4 is 11.1 Å². The zero-order valence-electron chi connectivity index (χ0n) is 13.1. The van der Waals surface area contributed by atoms with Crippen molar-refractivity contribution in [3.05, 3.63) is 33.8 Å². The van der Waals surface area contributed by atoms with Gasteiger partial charge in [-0.05, 0) is 31.4 Å². The van der Waals surface area contributed by atoms with Gasteiger partial charge in [-0.2, -0.15) is 0 Å². The van der Waals surface area contributed by atoms with Crippen molar-refractivity contribution >= 4 is 35.1 Å². The summed E-state index contributed by atoms with van der Waals surface area (Å²) in [5, 5.41) is 3.84. The summed E-state index contributed by atoms with van der Waals surface area (Å²) in [5.41, 5.74) is 5.60. The van der Waals surface area contributed by atoms with Gasteiger partial charge < -0.3 is 16.0 Å². The Bertz CT molecular complexity index is 589. The van der Waals surface area contributed by atoms with E-state index in [1.54, 1.807) is 23.1 Å². The number of rotatable bonds is 4. The number of nitrogens with two attached hydrogens (primary N) is 1. The first-order chi connectivity index (χ1) is 10.9. The maximum Gasteiger partial charge on any atom is 0.317 e. The average molecular weight is 358 g/mol. The number of amides is 3. The van der Waals surface area contributed by atoms with Crippen molar-refractivity contribution in [3.63, 3.8) is 0 Å². The lowest BCUT2D eigenvalue weighted by atomic mass is 9.77. The molecule has 1 fully saturated rings. The molecule has 3 N–H and O–H groups in total. The number of primary amides is 1. The van der Waals surface area contributed by atoms with Crippen LogP contribution in [-0.4, -0.2) is 29.9 Å². The van der Waals surface area contributed by atoms with Gasteiger partial charge in [-0.3, -0.25) is 4.79 Å². The van der Waals surface area contributed by atoms with Crippen molar-refractivity contribution in [3.8, 4) is 0 Å². The third kappa shape index (κ3) is 3.90. The summed E-state index contributed by atoms with van der Waals surface area (Å²) in [6, 6.07) is 4.97. The predicted molar refractivity (Wildman–Crippen MR) is 91.4 cm³/mol. The minimum absolute atomic E-state index is 0.236. The number of halogens is 2. The van der Waals surface area contributed by atoms with Crippen LogP contribution >= 0.6 is 23.2 Å². The number of nitrogens with one attached hydrogen (secondary N) is 1. The van der Waals surface area contributed by atoms with Crippen LogP contribution in [0.25, 0.3) is 0 Å². The molecule has 1 aromatic carbocycles. The molecule has 126 valence electrons. The number of hydrogen-bond donors (Lipinski definition) is 2. The first-order valence-corrected chi connectivity index (χ1v) is 8.41. The highest BCUT2D eigenvalue weighted by Crippen LogP contribution is 2.33. The molecule has 1 aromatic rings. The zero-order chi connectivity index (χ0) is 17.0. The normalized spacial score (nSPS) is 21.1. The Morgan fingerprint density at radius 1 is 1.35 bits per heavy atom. The number of hydrogen-bond acceptors (Lipinski definition) is 2. The summed E-state index contributed by atoms with van der Waals surface area (Å²) in [6.07, 6.45) is 2.11. The second kappa shape index (κ2) is 7.41. The molecule has 2 rings (SSSR count). The highest BCUT2D eigenvalue weighted by Gasteiger charge is 2.40. The van der Waals surface area contributed by atoms with Gasteiger partial charge in [0, 0.05) is 35.2 Å². The van der Waals surface area contributed by atoms with E-state index in [1.807, 2.05) is 6.92 Å². The molecule has 23 heavy (non-hydrogen) atoms. The summed E-state index contributed by atoms with van der Waals surface area (Å²) in [4.78, 5) is 25.8. The van der Waals surface area contributed by atoms with Crippen molar-refractivity contribution in [1.29, 1.82) is 0 Å². The number of carbonyl (C=O) groups is 2. The molecule has 5 nitrogen and oxygen atoms in total. The topological polar surface area (TPSA) is 75.4 Å². The summed E-state index contributed by atoms with van der Waals surface area (Å²) in [7, 11) is 0. The van der Waals surface area contributed by atoms with E-state index in [1.165, 1.54) is 0 Å². The van der Waals surface area contributed by atoms with Gasteiger partial charge >= 0.3 is 6.03 Å². The summed E-state index contributed by atoms with van der Waals surface area (Å²) >= 11 is 12.2. The summed E-state index contributed by atoms with van der Waals surface area (Å²) in [5.74, 6) is -0.341. The number of benzene rings is 1. The molecule has 0 unspecified atom stereocenters. The van der Waals surface area contributed by atoms with Crippen molar-refractivity contribution in [2.75, 3.05) is 13.1 Å². The Kier molecular flexibility index (Phi) is 5.76. The van der Waals surface area contributed by atoms with Crippen LogP contribution in [-0.2, 0) is 11.3 Å². The molecular weight excluding hydrogens is 337 g/mol. The second-order valence-corrected chi connectivity index (χ2v) is 6.70. The van der Waals surface area contributed by atoms with Crippen molar-refractivity contribution < 1.29 is 9.59 Å². The van der Waals surface area contributed by atoms with Gasteiger partial charge in [0.15, 0.2) is 0 Å². The molecular formula is C16H21Cl2N3O2. The van der Waals surface area contributed by atoms with Crippen LogP contribution in [0.1, 0.15) is 31.7 Å². The predicted octanol–water partition coefficient (Wildman–Crippen LogP) is 3.18. The monoisotopic (exact) mass is 357 g/mol. The van der Waals surface area contributed by atoms with Crippen molar-refractivity contribution in [2.24, 2.45) is 11.1 Å². The Morgan fingerprint density at radius 3 is 2.57 bits per heavy atom. The molecule has 0 spiro atoms. The van der Waals surface area contributed by atoms with Gasteiger partial charge in [0.2, 0.25) is 5.91 Å². The van der Waals surface area contributed by atoms with Gasteiger partial charge in [0.25, 0.3) is 0 Å². The lowest BCUT2D eigenvalue weighted by Gasteiger charge is -2.40. The quantitative estimate of drug-likeness (QED) is 0.867. The molecule has 0 aliphatic carbocycles. The van der Waals surface area contributed by atoms with E-state index >= 15 is 0 Å². The zero-order valence-corrected chi connectivity index (χ0v) is 14.6. The van der Waals surface area contributed by atoms with Gasteiger partial charge in [-0.25, -0.2) is 4.79 Å². The lowest BCUT2D eigenvalue weighted by Crippen LogP contribution is -2.54.